The Labute approximate surface area is 90.4 Å². The Morgan fingerprint density at radius 2 is 2.20 bits per heavy atom. The van der Waals surface area contributed by atoms with E-state index < -0.39 is 6.09 Å². The fourth-order valence-electron chi connectivity index (χ4n) is 1.41. The average Bonchev–Trinajstić information content (AvgIpc) is 2.28. The monoisotopic (exact) mass is 206 g/mol. The molecule has 1 rings (SSSR count). The molecule has 0 fully saturated rings. The van der Waals surface area contributed by atoms with Crippen LogP contribution < -0.4 is 5.32 Å². The van der Waals surface area contributed by atoms with Crippen molar-refractivity contribution in [2.45, 2.75) is 26.2 Å². The van der Waals surface area contributed by atoms with Gasteiger partial charge >= 0.3 is 6.09 Å². The summed E-state index contributed by atoms with van der Waals surface area (Å²) in [7, 11) is 3.06. The summed E-state index contributed by atoms with van der Waals surface area (Å²) in [5.74, 6) is 0.409. The van der Waals surface area contributed by atoms with E-state index in [9.17, 15) is 4.79 Å². The van der Waals surface area contributed by atoms with Gasteiger partial charge in [0, 0.05) is 5.69 Å². The maximum atomic E-state index is 11.0. The van der Waals surface area contributed by atoms with Gasteiger partial charge < -0.3 is 4.74 Å². The average molecular weight is 206 g/mol. The Bertz CT molecular complexity index is 336. The standard InChI is InChI=1S/C12H16NO2/c1-4-9(2)10-7-5-6-8-11(10)13-12(14)15-3/h5-9H,3-4H2,1-2H3,(H,13,14). The Kier molecular flexibility index (Phi) is 4.16. The first-order valence-electron chi connectivity index (χ1n) is 5.01. The molecule has 1 aromatic carbocycles. The van der Waals surface area contributed by atoms with E-state index in [1.165, 1.54) is 0 Å². The number of benzene rings is 1. The van der Waals surface area contributed by atoms with Gasteiger partial charge in [-0.15, -0.1) is 0 Å². The summed E-state index contributed by atoms with van der Waals surface area (Å²) in [6.45, 7) is 4.23. The van der Waals surface area contributed by atoms with Gasteiger partial charge in [-0.1, -0.05) is 32.0 Å². The second-order valence-corrected chi connectivity index (χ2v) is 3.45. The van der Waals surface area contributed by atoms with Crippen LogP contribution in [0.2, 0.25) is 0 Å². The highest BCUT2D eigenvalue weighted by atomic mass is 16.5. The summed E-state index contributed by atoms with van der Waals surface area (Å²) in [4.78, 5) is 11.0. The maximum Gasteiger partial charge on any atom is 0.411 e. The van der Waals surface area contributed by atoms with Gasteiger partial charge in [-0.2, -0.15) is 0 Å². The smallest absolute Gasteiger partial charge is 0.411 e. The Balaban J connectivity index is 2.91. The highest BCUT2D eigenvalue weighted by Gasteiger charge is 2.10. The minimum absolute atomic E-state index is 0.409. The molecule has 0 heterocycles. The van der Waals surface area contributed by atoms with Crippen LogP contribution in [0.1, 0.15) is 31.7 Å². The lowest BCUT2D eigenvalue weighted by Gasteiger charge is -2.14. The van der Waals surface area contributed by atoms with E-state index >= 15 is 0 Å². The van der Waals surface area contributed by atoms with Crippen LogP contribution in [0.15, 0.2) is 24.3 Å². The van der Waals surface area contributed by atoms with Gasteiger partial charge in [-0.05, 0) is 24.0 Å². The molecule has 0 aliphatic rings. The van der Waals surface area contributed by atoms with Crippen molar-refractivity contribution in [1.29, 1.82) is 0 Å². The van der Waals surface area contributed by atoms with E-state index in [1.54, 1.807) is 0 Å². The molecule has 1 N–H and O–H groups in total. The summed E-state index contributed by atoms with van der Waals surface area (Å²) in [6.07, 6.45) is 0.490. The third-order valence-corrected chi connectivity index (χ3v) is 2.47. The quantitative estimate of drug-likeness (QED) is 0.821. The van der Waals surface area contributed by atoms with E-state index in [0.29, 0.717) is 5.92 Å². The molecule has 3 nitrogen and oxygen atoms in total. The number of hydrogen-bond acceptors (Lipinski definition) is 2. The summed E-state index contributed by atoms with van der Waals surface area (Å²) >= 11 is 0. The first kappa shape index (κ1) is 11.6. The van der Waals surface area contributed by atoms with Crippen LogP contribution in [-0.4, -0.2) is 6.09 Å². The van der Waals surface area contributed by atoms with Crippen LogP contribution in [0.5, 0.6) is 0 Å². The molecule has 0 spiro atoms. The lowest BCUT2D eigenvalue weighted by molar-refractivity contribution is 0.199. The Morgan fingerprint density at radius 3 is 2.80 bits per heavy atom. The van der Waals surface area contributed by atoms with Gasteiger partial charge in [-0.3, -0.25) is 5.32 Å². The molecular formula is C12H16NO2. The second-order valence-electron chi connectivity index (χ2n) is 3.45. The van der Waals surface area contributed by atoms with Crippen molar-refractivity contribution >= 4 is 11.8 Å². The van der Waals surface area contributed by atoms with Crippen molar-refractivity contribution in [2.75, 3.05) is 5.32 Å². The van der Waals surface area contributed by atoms with Crippen LogP contribution in [0.3, 0.4) is 0 Å². The third kappa shape index (κ3) is 2.98. The second kappa shape index (κ2) is 5.39. The number of para-hydroxylation sites is 1. The molecule has 15 heavy (non-hydrogen) atoms. The Morgan fingerprint density at radius 1 is 1.53 bits per heavy atom. The molecule has 1 unspecified atom stereocenters. The van der Waals surface area contributed by atoms with E-state index in [-0.39, 0.29) is 0 Å². The molecule has 1 aromatic rings. The van der Waals surface area contributed by atoms with Gasteiger partial charge in [0.1, 0.15) is 7.11 Å². The van der Waals surface area contributed by atoms with Gasteiger partial charge in [-0.25, -0.2) is 4.79 Å². The van der Waals surface area contributed by atoms with Crippen LogP contribution in [-0.2, 0) is 4.74 Å². The van der Waals surface area contributed by atoms with Crippen molar-refractivity contribution in [1.82, 2.24) is 0 Å². The van der Waals surface area contributed by atoms with Crippen LogP contribution >= 0.6 is 0 Å². The molecular weight excluding hydrogens is 190 g/mol. The van der Waals surface area contributed by atoms with Gasteiger partial charge in [0.15, 0.2) is 0 Å². The zero-order valence-corrected chi connectivity index (χ0v) is 9.12. The van der Waals surface area contributed by atoms with Crippen LogP contribution in [0.4, 0.5) is 10.5 Å². The summed E-state index contributed by atoms with van der Waals surface area (Å²) in [5, 5.41) is 2.65. The molecule has 1 radical (unpaired) electrons. The zero-order chi connectivity index (χ0) is 11.3. The molecule has 0 saturated heterocycles. The number of ether oxygens (including phenoxy) is 1. The fraction of sp³-hybridized carbons (Fsp3) is 0.333. The molecule has 81 valence electrons. The van der Waals surface area contributed by atoms with Crippen molar-refractivity contribution < 1.29 is 9.53 Å². The van der Waals surface area contributed by atoms with E-state index in [2.05, 4.69) is 31.0 Å². The molecule has 0 aliphatic carbocycles. The highest BCUT2D eigenvalue weighted by molar-refractivity contribution is 5.85. The maximum absolute atomic E-state index is 11.0. The SMILES string of the molecule is [CH2]OC(=O)Nc1ccccc1C(C)CC. The number of rotatable bonds is 3. The number of hydrogen-bond donors (Lipinski definition) is 1. The van der Waals surface area contributed by atoms with E-state index in [1.807, 2.05) is 24.3 Å². The fourth-order valence-corrected chi connectivity index (χ4v) is 1.41. The van der Waals surface area contributed by atoms with E-state index in [0.717, 1.165) is 17.7 Å². The van der Waals surface area contributed by atoms with Gasteiger partial charge in [0.2, 0.25) is 0 Å². The highest BCUT2D eigenvalue weighted by Crippen LogP contribution is 2.26. The topological polar surface area (TPSA) is 38.3 Å². The zero-order valence-electron chi connectivity index (χ0n) is 9.12. The lowest BCUT2D eigenvalue weighted by atomic mass is 9.97. The number of nitrogens with one attached hydrogen (secondary N) is 1. The third-order valence-electron chi connectivity index (χ3n) is 2.47. The molecule has 3 heteroatoms. The number of amides is 1. The number of carbonyl (C=O) groups is 1. The number of carbonyl (C=O) groups excluding carboxylic acids is 1. The molecule has 1 amide bonds. The summed E-state index contributed by atoms with van der Waals surface area (Å²) in [5.41, 5.74) is 1.91. The van der Waals surface area contributed by atoms with Crippen LogP contribution in [0, 0.1) is 7.11 Å². The molecule has 0 bridgehead atoms. The van der Waals surface area contributed by atoms with Crippen LogP contribution in [0.25, 0.3) is 0 Å². The molecule has 0 aliphatic heterocycles. The van der Waals surface area contributed by atoms with Crippen molar-refractivity contribution in [3.8, 4) is 0 Å². The minimum atomic E-state index is -0.536. The summed E-state index contributed by atoms with van der Waals surface area (Å²) in [6, 6.07) is 7.71. The van der Waals surface area contributed by atoms with Gasteiger partial charge in [0.25, 0.3) is 0 Å². The normalized spacial score (nSPS) is 11.9. The first-order valence-corrected chi connectivity index (χ1v) is 5.01. The largest absolute Gasteiger partial charge is 0.446 e. The lowest BCUT2D eigenvalue weighted by Crippen LogP contribution is -2.12. The van der Waals surface area contributed by atoms with Gasteiger partial charge in [0.05, 0.1) is 0 Å². The van der Waals surface area contributed by atoms with Crippen molar-refractivity contribution in [3.05, 3.63) is 36.9 Å². The Hall–Kier alpha value is -1.51. The number of anilines is 1. The van der Waals surface area contributed by atoms with E-state index in [4.69, 9.17) is 0 Å². The molecule has 0 aromatic heterocycles. The molecule has 0 saturated carbocycles. The first-order chi connectivity index (χ1) is 7.19. The predicted molar refractivity (Wildman–Crippen MR) is 60.6 cm³/mol. The summed E-state index contributed by atoms with van der Waals surface area (Å²) < 4.78 is 4.32. The molecule has 1 atom stereocenters. The van der Waals surface area contributed by atoms with Crippen molar-refractivity contribution in [3.63, 3.8) is 0 Å². The van der Waals surface area contributed by atoms with Crippen molar-refractivity contribution in [2.24, 2.45) is 0 Å². The predicted octanol–water partition coefficient (Wildman–Crippen LogP) is 3.54. The minimum Gasteiger partial charge on any atom is -0.446 e.